The lowest BCUT2D eigenvalue weighted by molar-refractivity contribution is 1.08. The molecule has 0 radical (unpaired) electrons. The molecule has 9 aromatic carbocycles. The number of rotatable bonds is 4. The van der Waals surface area contributed by atoms with E-state index in [2.05, 4.69) is 169 Å². The van der Waals surface area contributed by atoms with Crippen LogP contribution in [0.3, 0.4) is 0 Å². The number of anilines is 3. The molecule has 0 aliphatic carbocycles. The Labute approximate surface area is 326 Å². The Hall–Kier alpha value is -7.21. The molecule has 4 nitrogen and oxygen atoms in total. The van der Waals surface area contributed by atoms with Crippen LogP contribution in [0, 0.1) is 0 Å². The van der Waals surface area contributed by atoms with E-state index in [1.54, 1.807) is 0 Å². The van der Waals surface area contributed by atoms with E-state index in [-0.39, 0.29) is 0 Å². The average Bonchev–Trinajstić information content (AvgIpc) is 3.64. The summed E-state index contributed by atoms with van der Waals surface area (Å²) in [5.74, 6) is 1.94. The average molecular weight is 731 g/mol. The van der Waals surface area contributed by atoms with Gasteiger partial charge in [0.15, 0.2) is 17.5 Å². The van der Waals surface area contributed by atoms with Crippen molar-refractivity contribution in [2.75, 3.05) is 4.90 Å². The highest BCUT2D eigenvalue weighted by atomic mass is 32.1. The lowest BCUT2D eigenvalue weighted by Gasteiger charge is -2.35. The summed E-state index contributed by atoms with van der Waals surface area (Å²) in [7, 11) is 0. The van der Waals surface area contributed by atoms with Crippen LogP contribution in [0.25, 0.3) is 97.8 Å². The number of thiophene rings is 1. The van der Waals surface area contributed by atoms with Gasteiger partial charge in [0.1, 0.15) is 0 Å². The molecule has 0 saturated heterocycles. The standard InChI is InChI=1S/C51H30N4S/c1-2-13-33(14-3-1)49-52-50(34-25-29-46-41(30-34)38-20-8-9-23-45(38)56-46)54-51(53-49)39-26-28-42(37-19-7-6-18-36(37)39)55-43-22-11-16-32-15-10-21-40(47(32)43)48-35-17-5-4-12-31(35)24-27-44(48)55/h1-30H. The summed E-state index contributed by atoms with van der Waals surface area (Å²) >= 11 is 1.81. The van der Waals surface area contributed by atoms with E-state index in [0.717, 1.165) is 38.8 Å². The van der Waals surface area contributed by atoms with Crippen LogP contribution in [-0.2, 0) is 0 Å². The molecule has 11 aromatic rings. The largest absolute Gasteiger partial charge is 0.309 e. The summed E-state index contributed by atoms with van der Waals surface area (Å²) in [6.45, 7) is 0. The van der Waals surface area contributed by atoms with Gasteiger partial charge in [-0.1, -0.05) is 133 Å². The highest BCUT2D eigenvalue weighted by Crippen LogP contribution is 2.54. The number of hydrogen-bond donors (Lipinski definition) is 0. The predicted molar refractivity (Wildman–Crippen MR) is 235 cm³/mol. The minimum absolute atomic E-state index is 0.643. The van der Waals surface area contributed by atoms with Crippen molar-refractivity contribution in [3.05, 3.63) is 182 Å². The second-order valence-corrected chi connectivity index (χ2v) is 15.4. The fourth-order valence-electron chi connectivity index (χ4n) is 8.71. The molecular formula is C51H30N4S. The van der Waals surface area contributed by atoms with Crippen LogP contribution in [0.15, 0.2) is 182 Å². The fraction of sp³-hybridized carbons (Fsp3) is 0. The summed E-state index contributed by atoms with van der Waals surface area (Å²) in [6, 6.07) is 65.1. The van der Waals surface area contributed by atoms with Gasteiger partial charge in [0.25, 0.3) is 0 Å². The maximum absolute atomic E-state index is 5.26. The molecule has 0 spiro atoms. The second-order valence-electron chi connectivity index (χ2n) is 14.4. The first-order chi connectivity index (χ1) is 27.8. The Balaban J connectivity index is 1.09. The number of fused-ring (bicyclic) bond motifs is 8. The highest BCUT2D eigenvalue weighted by Gasteiger charge is 2.29. The summed E-state index contributed by atoms with van der Waals surface area (Å²) in [4.78, 5) is 18.0. The fourth-order valence-corrected chi connectivity index (χ4v) is 9.80. The smallest absolute Gasteiger partial charge is 0.164 e. The van der Waals surface area contributed by atoms with Crippen molar-refractivity contribution in [3.63, 3.8) is 0 Å². The molecule has 1 aliphatic rings. The molecule has 3 heterocycles. The van der Waals surface area contributed by atoms with Crippen LogP contribution in [0.5, 0.6) is 0 Å². The van der Waals surface area contributed by atoms with E-state index < -0.39 is 0 Å². The van der Waals surface area contributed by atoms with Crippen molar-refractivity contribution in [3.8, 4) is 45.3 Å². The number of aromatic nitrogens is 3. The zero-order chi connectivity index (χ0) is 36.7. The van der Waals surface area contributed by atoms with Crippen LogP contribution < -0.4 is 4.90 Å². The van der Waals surface area contributed by atoms with Gasteiger partial charge in [-0.15, -0.1) is 11.3 Å². The third-order valence-corrected chi connectivity index (χ3v) is 12.4. The van der Waals surface area contributed by atoms with Gasteiger partial charge >= 0.3 is 0 Å². The topological polar surface area (TPSA) is 41.9 Å². The summed E-state index contributed by atoms with van der Waals surface area (Å²) < 4.78 is 2.52. The molecule has 0 amide bonds. The summed E-state index contributed by atoms with van der Waals surface area (Å²) in [6.07, 6.45) is 0. The Morgan fingerprint density at radius 2 is 1.02 bits per heavy atom. The van der Waals surface area contributed by atoms with Crippen molar-refractivity contribution in [2.45, 2.75) is 0 Å². The molecule has 0 saturated carbocycles. The molecule has 0 fully saturated rings. The Morgan fingerprint density at radius 3 is 1.89 bits per heavy atom. The lowest BCUT2D eigenvalue weighted by Crippen LogP contribution is -2.15. The van der Waals surface area contributed by atoms with Crippen molar-refractivity contribution < 1.29 is 0 Å². The Kier molecular flexibility index (Phi) is 6.76. The van der Waals surface area contributed by atoms with Crippen LogP contribution in [-0.4, -0.2) is 15.0 Å². The molecule has 1 aliphatic heterocycles. The van der Waals surface area contributed by atoms with Gasteiger partial charge in [-0.2, -0.15) is 0 Å². The molecule has 56 heavy (non-hydrogen) atoms. The van der Waals surface area contributed by atoms with Crippen LogP contribution in [0.1, 0.15) is 0 Å². The van der Waals surface area contributed by atoms with E-state index in [1.165, 1.54) is 58.5 Å². The van der Waals surface area contributed by atoms with E-state index in [0.29, 0.717) is 17.5 Å². The van der Waals surface area contributed by atoms with Gasteiger partial charge in [-0.3, -0.25) is 0 Å². The zero-order valence-corrected chi connectivity index (χ0v) is 30.8. The normalized spacial score (nSPS) is 12.2. The van der Waals surface area contributed by atoms with Crippen molar-refractivity contribution in [1.29, 1.82) is 0 Å². The minimum atomic E-state index is 0.643. The highest BCUT2D eigenvalue weighted by molar-refractivity contribution is 7.25. The first-order valence-corrected chi connectivity index (χ1v) is 19.7. The predicted octanol–water partition coefficient (Wildman–Crippen LogP) is 14.2. The van der Waals surface area contributed by atoms with Crippen molar-refractivity contribution in [2.24, 2.45) is 0 Å². The van der Waals surface area contributed by atoms with Gasteiger partial charge in [0, 0.05) is 53.2 Å². The van der Waals surface area contributed by atoms with Crippen LogP contribution >= 0.6 is 11.3 Å². The van der Waals surface area contributed by atoms with Gasteiger partial charge in [0.05, 0.1) is 17.1 Å². The van der Waals surface area contributed by atoms with Gasteiger partial charge < -0.3 is 4.90 Å². The quantitative estimate of drug-likeness (QED) is 0.181. The SMILES string of the molecule is c1ccc(-c2nc(-c3ccc4sc5ccccc5c4c3)nc(-c3ccc(N4c5ccc6ccccc6c5-c5cccc6cccc4c56)c4ccccc34)n2)cc1. The molecule has 0 N–H and O–H groups in total. The van der Waals surface area contributed by atoms with E-state index >= 15 is 0 Å². The molecule has 0 bridgehead atoms. The first-order valence-electron chi connectivity index (χ1n) is 18.9. The maximum atomic E-state index is 5.26. The maximum Gasteiger partial charge on any atom is 0.164 e. The monoisotopic (exact) mass is 730 g/mol. The van der Waals surface area contributed by atoms with Crippen LogP contribution in [0.2, 0.25) is 0 Å². The van der Waals surface area contributed by atoms with Crippen molar-refractivity contribution >= 4 is 80.9 Å². The number of benzene rings is 9. The molecule has 5 heteroatoms. The summed E-state index contributed by atoms with van der Waals surface area (Å²) in [5.41, 5.74) is 8.84. The third-order valence-electron chi connectivity index (χ3n) is 11.2. The second kappa shape index (κ2) is 12.2. The lowest BCUT2D eigenvalue weighted by atomic mass is 9.87. The molecular weight excluding hydrogens is 701 g/mol. The third kappa shape index (κ3) is 4.68. The van der Waals surface area contributed by atoms with Gasteiger partial charge in [0.2, 0.25) is 0 Å². The Morgan fingerprint density at radius 1 is 0.357 bits per heavy atom. The minimum Gasteiger partial charge on any atom is -0.309 e. The summed E-state index contributed by atoms with van der Waals surface area (Å²) in [5, 5.41) is 9.63. The molecule has 0 atom stereocenters. The zero-order valence-electron chi connectivity index (χ0n) is 30.0. The van der Waals surface area contributed by atoms with Crippen LogP contribution in [0.4, 0.5) is 17.1 Å². The van der Waals surface area contributed by atoms with E-state index in [1.807, 2.05) is 29.5 Å². The molecule has 2 aromatic heterocycles. The molecule has 12 rings (SSSR count). The van der Waals surface area contributed by atoms with Gasteiger partial charge in [-0.25, -0.2) is 15.0 Å². The van der Waals surface area contributed by atoms with E-state index in [4.69, 9.17) is 15.0 Å². The number of nitrogens with zero attached hydrogens (tertiary/aromatic N) is 4. The molecule has 260 valence electrons. The van der Waals surface area contributed by atoms with Crippen molar-refractivity contribution in [1.82, 2.24) is 15.0 Å². The van der Waals surface area contributed by atoms with E-state index in [9.17, 15) is 0 Å². The van der Waals surface area contributed by atoms with Gasteiger partial charge in [-0.05, 0) is 75.6 Å². The number of hydrogen-bond acceptors (Lipinski definition) is 5. The Bertz CT molecular complexity index is 3380. The molecule has 0 unspecified atom stereocenters. The first kappa shape index (κ1) is 31.2.